The van der Waals surface area contributed by atoms with Gasteiger partial charge in [0, 0.05) is 29.2 Å². The molecule has 1 spiro atoms. The third-order valence-corrected chi connectivity index (χ3v) is 6.79. The molecular weight excluding hydrogens is 379 g/mol. The predicted molar refractivity (Wildman–Crippen MR) is 84.7 cm³/mol. The fraction of sp³-hybridized carbons (Fsp3) is 0.615. The molecule has 2 unspecified atom stereocenters. The highest BCUT2D eigenvalue weighted by molar-refractivity contribution is 14.1. The Morgan fingerprint density at radius 3 is 3.11 bits per heavy atom. The van der Waals surface area contributed by atoms with Crippen molar-refractivity contribution in [2.24, 2.45) is 5.92 Å². The minimum atomic E-state index is 0.00637. The number of carbonyl (C=O) groups is 1. The maximum Gasteiger partial charge on any atom is 0.167 e. The minimum absolute atomic E-state index is 0.00637. The number of ether oxygens (including phenoxy) is 1. The molecule has 0 saturated carbocycles. The van der Waals surface area contributed by atoms with Crippen molar-refractivity contribution in [1.82, 2.24) is 0 Å². The van der Waals surface area contributed by atoms with E-state index in [0.717, 1.165) is 37.2 Å². The maximum atomic E-state index is 12.5. The van der Waals surface area contributed by atoms with Crippen molar-refractivity contribution in [2.45, 2.75) is 24.9 Å². The van der Waals surface area contributed by atoms with E-state index >= 15 is 0 Å². The van der Waals surface area contributed by atoms with Crippen LogP contribution in [0.1, 0.15) is 29.6 Å². The average molecular weight is 394 g/mol. The van der Waals surface area contributed by atoms with Crippen LogP contribution in [-0.2, 0) is 4.74 Å². The molecule has 98 valence electrons. The average Bonchev–Trinajstić information content (AvgIpc) is 2.98. The molecule has 5 heteroatoms. The number of Topliss-reactive ketones (excluding diaryl/α,β-unsaturated/α-hetero) is 1. The van der Waals surface area contributed by atoms with Gasteiger partial charge in [-0.15, -0.1) is 11.3 Å². The molecule has 2 atom stereocenters. The molecule has 0 N–H and O–H groups in total. The number of ketones is 1. The van der Waals surface area contributed by atoms with Crippen LogP contribution in [0.5, 0.6) is 0 Å². The van der Waals surface area contributed by atoms with Crippen LogP contribution in [0.3, 0.4) is 0 Å². The topological polar surface area (TPSA) is 26.3 Å². The smallest absolute Gasteiger partial charge is 0.167 e. The first-order valence-electron chi connectivity index (χ1n) is 6.18. The molecule has 3 rings (SSSR count). The summed E-state index contributed by atoms with van der Waals surface area (Å²) >= 11 is 5.88. The summed E-state index contributed by atoms with van der Waals surface area (Å²) in [7, 11) is 0. The Labute approximate surface area is 129 Å². The third-order valence-electron chi connectivity index (χ3n) is 3.78. The Kier molecular flexibility index (Phi) is 4.03. The largest absolute Gasteiger partial charge is 0.374 e. The molecule has 0 aromatic carbocycles. The quantitative estimate of drug-likeness (QED) is 0.563. The molecule has 2 nitrogen and oxygen atoms in total. The van der Waals surface area contributed by atoms with Gasteiger partial charge in [-0.05, 0) is 53.7 Å². The van der Waals surface area contributed by atoms with Crippen LogP contribution in [-0.4, -0.2) is 29.5 Å². The first-order valence-corrected chi connectivity index (χ1v) is 9.30. The summed E-state index contributed by atoms with van der Waals surface area (Å²) in [6.45, 7) is 0.748. The highest BCUT2D eigenvalue weighted by Gasteiger charge is 2.42. The molecule has 18 heavy (non-hydrogen) atoms. The third kappa shape index (κ3) is 2.64. The summed E-state index contributed by atoms with van der Waals surface area (Å²) in [4.78, 5) is 12.5. The molecule has 2 aliphatic rings. The Hall–Kier alpha value is 0.410. The molecule has 3 heterocycles. The monoisotopic (exact) mass is 394 g/mol. The highest BCUT2D eigenvalue weighted by atomic mass is 127. The van der Waals surface area contributed by atoms with Crippen LogP contribution >= 0.6 is 45.7 Å². The SMILES string of the molecule is O=C(c1csc(I)c1)C1CCOC2(CCSC2)C1. The van der Waals surface area contributed by atoms with E-state index in [1.165, 1.54) is 8.64 Å². The van der Waals surface area contributed by atoms with Crippen LogP contribution in [0, 0.1) is 8.80 Å². The minimum Gasteiger partial charge on any atom is -0.374 e. The van der Waals surface area contributed by atoms with Crippen molar-refractivity contribution >= 4 is 51.5 Å². The van der Waals surface area contributed by atoms with Crippen molar-refractivity contribution in [3.05, 3.63) is 19.9 Å². The number of halogens is 1. The van der Waals surface area contributed by atoms with Gasteiger partial charge in [-0.2, -0.15) is 11.8 Å². The molecule has 2 aliphatic heterocycles. The Balaban J connectivity index is 1.74. The summed E-state index contributed by atoms with van der Waals surface area (Å²) in [6, 6.07) is 2.01. The van der Waals surface area contributed by atoms with E-state index in [4.69, 9.17) is 4.74 Å². The van der Waals surface area contributed by atoms with Gasteiger partial charge in [-0.1, -0.05) is 0 Å². The van der Waals surface area contributed by atoms with Crippen LogP contribution < -0.4 is 0 Å². The lowest BCUT2D eigenvalue weighted by atomic mass is 9.82. The van der Waals surface area contributed by atoms with Crippen LogP contribution in [0.15, 0.2) is 11.4 Å². The summed E-state index contributed by atoms with van der Waals surface area (Å²) in [5, 5.41) is 2.00. The number of hydrogen-bond acceptors (Lipinski definition) is 4. The van der Waals surface area contributed by atoms with Crippen molar-refractivity contribution in [2.75, 3.05) is 18.1 Å². The number of thioether (sulfide) groups is 1. The zero-order valence-electron chi connectivity index (χ0n) is 9.99. The van der Waals surface area contributed by atoms with Crippen molar-refractivity contribution in [1.29, 1.82) is 0 Å². The number of rotatable bonds is 2. The van der Waals surface area contributed by atoms with Gasteiger partial charge in [-0.25, -0.2) is 0 Å². The second-order valence-corrected chi connectivity index (χ2v) is 8.94. The van der Waals surface area contributed by atoms with Gasteiger partial charge in [0.1, 0.15) is 0 Å². The lowest BCUT2D eigenvalue weighted by Crippen LogP contribution is -2.42. The van der Waals surface area contributed by atoms with Crippen molar-refractivity contribution < 1.29 is 9.53 Å². The molecule has 1 aromatic rings. The molecular formula is C13H15IO2S2. The molecule has 0 bridgehead atoms. The molecule has 0 aliphatic carbocycles. The van der Waals surface area contributed by atoms with Gasteiger partial charge >= 0.3 is 0 Å². The molecule has 0 radical (unpaired) electrons. The van der Waals surface area contributed by atoms with Crippen molar-refractivity contribution in [3.63, 3.8) is 0 Å². The second kappa shape index (κ2) is 5.42. The van der Waals surface area contributed by atoms with Crippen LogP contribution in [0.4, 0.5) is 0 Å². The molecule has 2 fully saturated rings. The van der Waals surface area contributed by atoms with E-state index in [0.29, 0.717) is 5.78 Å². The van der Waals surface area contributed by atoms with Crippen LogP contribution in [0.25, 0.3) is 0 Å². The zero-order valence-corrected chi connectivity index (χ0v) is 13.8. The first-order chi connectivity index (χ1) is 8.69. The van der Waals surface area contributed by atoms with Gasteiger partial charge in [0.2, 0.25) is 0 Å². The van der Waals surface area contributed by atoms with E-state index in [9.17, 15) is 4.79 Å². The summed E-state index contributed by atoms with van der Waals surface area (Å²) in [5.41, 5.74) is 0.906. The Morgan fingerprint density at radius 2 is 2.44 bits per heavy atom. The Bertz CT molecular complexity index is 452. The number of thiophene rings is 1. The molecule has 0 amide bonds. The lowest BCUT2D eigenvalue weighted by Gasteiger charge is -2.37. The maximum absolute atomic E-state index is 12.5. The number of carbonyl (C=O) groups excluding carboxylic acids is 1. The highest BCUT2D eigenvalue weighted by Crippen LogP contribution is 2.41. The standard InChI is InChI=1S/C13H15IO2S2/c14-11-5-10(7-18-11)12(15)9-1-3-16-13(6-9)2-4-17-8-13/h5,7,9H,1-4,6,8H2. The van der Waals surface area contributed by atoms with Crippen LogP contribution in [0.2, 0.25) is 0 Å². The first kappa shape index (κ1) is 13.4. The Morgan fingerprint density at radius 1 is 1.56 bits per heavy atom. The van der Waals surface area contributed by atoms with Gasteiger partial charge in [-0.3, -0.25) is 4.79 Å². The molecule has 2 saturated heterocycles. The van der Waals surface area contributed by atoms with Gasteiger partial charge in [0.25, 0.3) is 0 Å². The van der Waals surface area contributed by atoms with E-state index in [-0.39, 0.29) is 11.5 Å². The molecule has 1 aromatic heterocycles. The van der Waals surface area contributed by atoms with Gasteiger partial charge in [0.05, 0.1) is 8.48 Å². The van der Waals surface area contributed by atoms with E-state index in [1.54, 1.807) is 11.3 Å². The fourth-order valence-corrected chi connectivity index (χ4v) is 5.50. The van der Waals surface area contributed by atoms with Crippen molar-refractivity contribution in [3.8, 4) is 0 Å². The van der Waals surface area contributed by atoms with E-state index in [2.05, 4.69) is 22.6 Å². The zero-order chi connectivity index (χ0) is 12.6. The number of hydrogen-bond donors (Lipinski definition) is 0. The normalized spacial score (nSPS) is 31.9. The summed E-state index contributed by atoms with van der Waals surface area (Å²) in [5.74, 6) is 2.74. The van der Waals surface area contributed by atoms with Gasteiger partial charge in [0.15, 0.2) is 5.78 Å². The predicted octanol–water partition coefficient (Wildman–Crippen LogP) is 3.84. The van der Waals surface area contributed by atoms with E-state index in [1.807, 2.05) is 23.2 Å². The second-order valence-electron chi connectivity index (χ2n) is 5.03. The van der Waals surface area contributed by atoms with Gasteiger partial charge < -0.3 is 4.74 Å². The van der Waals surface area contributed by atoms with E-state index < -0.39 is 0 Å². The lowest BCUT2D eigenvalue weighted by molar-refractivity contribution is -0.0734. The summed E-state index contributed by atoms with van der Waals surface area (Å²) < 4.78 is 7.16. The summed E-state index contributed by atoms with van der Waals surface area (Å²) in [6.07, 6.45) is 2.92. The fourth-order valence-electron chi connectivity index (χ4n) is 2.79.